The Kier molecular flexibility index (Phi) is 4.68. The number of alkyl halides is 3. The molecule has 2 unspecified atom stereocenters. The molecule has 4 heteroatoms. The van der Waals surface area contributed by atoms with Crippen LogP contribution in [0.15, 0.2) is 54.6 Å². The van der Waals surface area contributed by atoms with Crippen molar-refractivity contribution < 1.29 is 13.2 Å². The minimum Gasteiger partial charge on any atom is -0.323 e. The van der Waals surface area contributed by atoms with E-state index in [1.54, 1.807) is 6.07 Å². The summed E-state index contributed by atoms with van der Waals surface area (Å²) in [6, 6.07) is 14.5. The summed E-state index contributed by atoms with van der Waals surface area (Å²) in [5.41, 5.74) is 7.13. The fourth-order valence-electron chi connectivity index (χ4n) is 2.55. The SMILES string of the molecule is CCC(c1ccccc1)C(N)c1cccc(C(F)(F)F)c1. The zero-order valence-corrected chi connectivity index (χ0v) is 11.8. The molecule has 2 aromatic carbocycles. The number of hydrogen-bond donors (Lipinski definition) is 1. The summed E-state index contributed by atoms with van der Waals surface area (Å²) >= 11 is 0. The zero-order valence-electron chi connectivity index (χ0n) is 11.8. The standard InChI is InChI=1S/C17H18F3N/c1-2-15(12-7-4-3-5-8-12)16(21)13-9-6-10-14(11-13)17(18,19)20/h3-11,15-16H,2,21H2,1H3. The van der Waals surface area contributed by atoms with Gasteiger partial charge >= 0.3 is 6.18 Å². The number of benzene rings is 2. The van der Waals surface area contributed by atoms with Gasteiger partial charge in [0, 0.05) is 12.0 Å². The second kappa shape index (κ2) is 6.31. The fraction of sp³-hybridized carbons (Fsp3) is 0.294. The lowest BCUT2D eigenvalue weighted by Crippen LogP contribution is -2.20. The summed E-state index contributed by atoms with van der Waals surface area (Å²) in [7, 11) is 0. The van der Waals surface area contributed by atoms with Gasteiger partial charge in [-0.1, -0.05) is 49.4 Å². The van der Waals surface area contributed by atoms with Gasteiger partial charge in [-0.05, 0) is 29.7 Å². The van der Waals surface area contributed by atoms with Crippen molar-refractivity contribution in [1.29, 1.82) is 0 Å². The van der Waals surface area contributed by atoms with Crippen LogP contribution >= 0.6 is 0 Å². The van der Waals surface area contributed by atoms with E-state index in [2.05, 4.69) is 0 Å². The molecule has 1 nitrogen and oxygen atoms in total. The Morgan fingerprint density at radius 1 is 0.952 bits per heavy atom. The van der Waals surface area contributed by atoms with Crippen molar-refractivity contribution in [2.75, 3.05) is 0 Å². The van der Waals surface area contributed by atoms with E-state index in [0.717, 1.165) is 24.1 Å². The van der Waals surface area contributed by atoms with Gasteiger partial charge in [0.25, 0.3) is 0 Å². The summed E-state index contributed by atoms with van der Waals surface area (Å²) in [5.74, 6) is -0.00492. The Bertz CT molecular complexity index is 578. The van der Waals surface area contributed by atoms with Crippen molar-refractivity contribution in [2.45, 2.75) is 31.5 Å². The second-order valence-electron chi connectivity index (χ2n) is 5.07. The monoisotopic (exact) mass is 293 g/mol. The van der Waals surface area contributed by atoms with Gasteiger partial charge < -0.3 is 5.73 Å². The van der Waals surface area contributed by atoms with Gasteiger partial charge in [-0.15, -0.1) is 0 Å². The molecule has 0 spiro atoms. The molecule has 0 aromatic heterocycles. The molecule has 0 bridgehead atoms. The molecule has 2 N–H and O–H groups in total. The van der Waals surface area contributed by atoms with Gasteiger partial charge in [0.2, 0.25) is 0 Å². The van der Waals surface area contributed by atoms with Crippen molar-refractivity contribution in [3.8, 4) is 0 Å². The average Bonchev–Trinajstić information content (AvgIpc) is 2.48. The van der Waals surface area contributed by atoms with Crippen molar-refractivity contribution in [3.05, 3.63) is 71.3 Å². The van der Waals surface area contributed by atoms with Crippen molar-refractivity contribution in [2.24, 2.45) is 5.73 Å². The Morgan fingerprint density at radius 3 is 2.14 bits per heavy atom. The van der Waals surface area contributed by atoms with Crippen LogP contribution in [0.5, 0.6) is 0 Å². The Balaban J connectivity index is 2.32. The minimum atomic E-state index is -4.34. The van der Waals surface area contributed by atoms with E-state index in [-0.39, 0.29) is 5.92 Å². The molecule has 0 radical (unpaired) electrons. The maximum Gasteiger partial charge on any atom is 0.416 e. The zero-order chi connectivity index (χ0) is 15.5. The van der Waals surface area contributed by atoms with Crippen LogP contribution in [0, 0.1) is 0 Å². The summed E-state index contributed by atoms with van der Waals surface area (Å²) in [5, 5.41) is 0. The lowest BCUT2D eigenvalue weighted by Gasteiger charge is -2.24. The van der Waals surface area contributed by atoms with Gasteiger partial charge in [-0.25, -0.2) is 0 Å². The molecule has 0 saturated heterocycles. The maximum atomic E-state index is 12.8. The third kappa shape index (κ3) is 3.64. The van der Waals surface area contributed by atoms with Crippen molar-refractivity contribution in [1.82, 2.24) is 0 Å². The predicted molar refractivity (Wildman–Crippen MR) is 77.8 cm³/mol. The highest BCUT2D eigenvalue weighted by atomic mass is 19.4. The lowest BCUT2D eigenvalue weighted by atomic mass is 9.85. The van der Waals surface area contributed by atoms with Crippen molar-refractivity contribution in [3.63, 3.8) is 0 Å². The number of nitrogens with two attached hydrogens (primary N) is 1. The summed E-state index contributed by atoms with van der Waals surface area (Å²) in [4.78, 5) is 0. The molecule has 0 amide bonds. The topological polar surface area (TPSA) is 26.0 Å². The first-order valence-corrected chi connectivity index (χ1v) is 6.91. The van der Waals surface area contributed by atoms with Crippen LogP contribution in [-0.2, 0) is 6.18 Å². The Morgan fingerprint density at radius 2 is 1.57 bits per heavy atom. The van der Waals surface area contributed by atoms with Crippen LogP contribution in [0.1, 0.15) is 42.0 Å². The average molecular weight is 293 g/mol. The molecule has 2 aromatic rings. The summed E-state index contributed by atoms with van der Waals surface area (Å²) < 4.78 is 38.4. The normalized spacial score (nSPS) is 14.7. The van der Waals surface area contributed by atoms with E-state index in [9.17, 15) is 13.2 Å². The van der Waals surface area contributed by atoms with E-state index >= 15 is 0 Å². The summed E-state index contributed by atoms with van der Waals surface area (Å²) in [6.07, 6.45) is -3.58. The molecule has 2 atom stereocenters. The smallest absolute Gasteiger partial charge is 0.323 e. The van der Waals surface area contributed by atoms with Crippen LogP contribution < -0.4 is 5.73 Å². The highest BCUT2D eigenvalue weighted by Crippen LogP contribution is 2.35. The quantitative estimate of drug-likeness (QED) is 0.852. The molecule has 2 rings (SSSR count). The first-order chi connectivity index (χ1) is 9.93. The molecule has 0 aliphatic rings. The highest BCUT2D eigenvalue weighted by molar-refractivity contribution is 5.31. The third-order valence-electron chi connectivity index (χ3n) is 3.70. The van der Waals surface area contributed by atoms with Crippen LogP contribution in [0.3, 0.4) is 0 Å². The van der Waals surface area contributed by atoms with Crippen LogP contribution in [0.4, 0.5) is 13.2 Å². The van der Waals surface area contributed by atoms with E-state index in [1.807, 2.05) is 37.3 Å². The van der Waals surface area contributed by atoms with E-state index in [4.69, 9.17) is 5.73 Å². The largest absolute Gasteiger partial charge is 0.416 e. The lowest BCUT2D eigenvalue weighted by molar-refractivity contribution is -0.137. The molecule has 0 heterocycles. The number of halogens is 3. The highest BCUT2D eigenvalue weighted by Gasteiger charge is 2.31. The summed E-state index contributed by atoms with van der Waals surface area (Å²) in [6.45, 7) is 1.99. The van der Waals surface area contributed by atoms with Gasteiger partial charge in [0.1, 0.15) is 0 Å². The fourth-order valence-corrected chi connectivity index (χ4v) is 2.55. The molecular weight excluding hydrogens is 275 g/mol. The molecule has 0 aliphatic heterocycles. The van der Waals surface area contributed by atoms with Gasteiger partial charge in [0.05, 0.1) is 5.56 Å². The molecule has 0 aliphatic carbocycles. The second-order valence-corrected chi connectivity index (χ2v) is 5.07. The Hall–Kier alpha value is -1.81. The first-order valence-electron chi connectivity index (χ1n) is 6.91. The van der Waals surface area contributed by atoms with Gasteiger partial charge in [-0.2, -0.15) is 13.2 Å². The van der Waals surface area contributed by atoms with Gasteiger partial charge in [0.15, 0.2) is 0 Å². The minimum absolute atomic E-state index is 0.00492. The number of rotatable bonds is 4. The van der Waals surface area contributed by atoms with Gasteiger partial charge in [-0.3, -0.25) is 0 Å². The first kappa shape index (κ1) is 15.6. The molecular formula is C17H18F3N. The maximum absolute atomic E-state index is 12.8. The molecule has 0 saturated carbocycles. The third-order valence-corrected chi connectivity index (χ3v) is 3.70. The molecule has 112 valence electrons. The van der Waals surface area contributed by atoms with Crippen LogP contribution in [0.2, 0.25) is 0 Å². The Labute approximate surface area is 122 Å². The predicted octanol–water partition coefficient (Wildman–Crippen LogP) is 4.90. The molecule has 21 heavy (non-hydrogen) atoms. The van der Waals surface area contributed by atoms with Crippen molar-refractivity contribution >= 4 is 0 Å². The number of hydrogen-bond acceptors (Lipinski definition) is 1. The van der Waals surface area contributed by atoms with Crippen LogP contribution in [-0.4, -0.2) is 0 Å². The van der Waals surface area contributed by atoms with E-state index in [1.165, 1.54) is 6.07 Å². The van der Waals surface area contributed by atoms with E-state index < -0.39 is 17.8 Å². The molecule has 0 fully saturated rings. The van der Waals surface area contributed by atoms with E-state index in [0.29, 0.717) is 5.56 Å². The van der Waals surface area contributed by atoms with Crippen LogP contribution in [0.25, 0.3) is 0 Å².